The number of para-hydroxylation sites is 1. The average molecular weight is 412 g/mol. The summed E-state index contributed by atoms with van der Waals surface area (Å²) in [7, 11) is 0. The van der Waals surface area contributed by atoms with Crippen molar-refractivity contribution < 1.29 is 4.79 Å². The van der Waals surface area contributed by atoms with Gasteiger partial charge in [-0.15, -0.1) is 11.3 Å². The molecule has 2 heterocycles. The van der Waals surface area contributed by atoms with Crippen LogP contribution in [0.25, 0.3) is 0 Å². The van der Waals surface area contributed by atoms with Gasteiger partial charge in [0.1, 0.15) is 0 Å². The van der Waals surface area contributed by atoms with Crippen LogP contribution in [-0.4, -0.2) is 23.9 Å². The molecule has 1 aliphatic rings. The van der Waals surface area contributed by atoms with Gasteiger partial charge in [-0.2, -0.15) is 0 Å². The topological polar surface area (TPSA) is 32.3 Å². The van der Waals surface area contributed by atoms with Gasteiger partial charge in [0.2, 0.25) is 5.91 Å². The molecule has 1 amide bonds. The van der Waals surface area contributed by atoms with Crippen LogP contribution in [0.4, 0.5) is 5.69 Å². The lowest BCUT2D eigenvalue weighted by Crippen LogP contribution is -2.39. The number of thiophene rings is 1. The Bertz CT molecular complexity index is 655. The van der Waals surface area contributed by atoms with Crippen LogP contribution in [0.3, 0.4) is 0 Å². The molecular formula is C16H17IN2OS. The summed E-state index contributed by atoms with van der Waals surface area (Å²) in [6.45, 7) is 3.58. The predicted octanol–water partition coefficient (Wildman–Crippen LogP) is 3.91. The number of halogens is 1. The van der Waals surface area contributed by atoms with Crippen molar-refractivity contribution in [2.45, 2.75) is 19.4 Å². The summed E-state index contributed by atoms with van der Waals surface area (Å²) < 4.78 is 1.07. The molecule has 1 aliphatic heterocycles. The minimum atomic E-state index is 0.0599. The van der Waals surface area contributed by atoms with Gasteiger partial charge in [-0.1, -0.05) is 12.1 Å². The maximum absolute atomic E-state index is 12.3. The molecule has 1 N–H and O–H groups in total. The van der Waals surface area contributed by atoms with Gasteiger partial charge in [-0.05, 0) is 65.1 Å². The second-order valence-corrected chi connectivity index (χ2v) is 7.39. The Morgan fingerprint density at radius 1 is 1.43 bits per heavy atom. The first-order chi connectivity index (χ1) is 10.1. The van der Waals surface area contributed by atoms with Crippen molar-refractivity contribution in [3.05, 3.63) is 49.7 Å². The number of fused-ring (bicyclic) bond motifs is 1. The molecule has 1 aromatic carbocycles. The number of carbonyl (C=O) groups is 1. The number of hydrogen-bond donors (Lipinski definition) is 1. The Morgan fingerprint density at radius 2 is 2.24 bits per heavy atom. The molecule has 0 saturated carbocycles. The van der Waals surface area contributed by atoms with E-state index in [2.05, 4.69) is 51.2 Å². The van der Waals surface area contributed by atoms with Crippen LogP contribution < -0.4 is 5.32 Å². The van der Waals surface area contributed by atoms with E-state index in [9.17, 15) is 4.79 Å². The Morgan fingerprint density at radius 3 is 3.05 bits per heavy atom. The first-order valence-corrected chi connectivity index (χ1v) is 8.95. The van der Waals surface area contributed by atoms with Crippen LogP contribution >= 0.6 is 33.9 Å². The Kier molecular flexibility index (Phi) is 4.61. The molecule has 1 atom stereocenters. The minimum absolute atomic E-state index is 0.0599. The number of hydrogen-bond acceptors (Lipinski definition) is 3. The fourth-order valence-electron chi connectivity index (χ4n) is 2.71. The maximum atomic E-state index is 12.3. The van der Waals surface area contributed by atoms with Crippen molar-refractivity contribution in [1.82, 2.24) is 4.90 Å². The van der Waals surface area contributed by atoms with Crippen molar-refractivity contribution in [3.63, 3.8) is 0 Å². The third kappa shape index (κ3) is 3.30. The highest BCUT2D eigenvalue weighted by molar-refractivity contribution is 14.1. The number of carbonyl (C=O) groups excluding carboxylic acids is 1. The van der Waals surface area contributed by atoms with E-state index in [0.717, 1.165) is 22.2 Å². The lowest BCUT2D eigenvalue weighted by molar-refractivity contribution is -0.117. The summed E-state index contributed by atoms with van der Waals surface area (Å²) in [6.07, 6.45) is 1.05. The monoisotopic (exact) mass is 412 g/mol. The first-order valence-electron chi connectivity index (χ1n) is 7.00. The average Bonchev–Trinajstić information content (AvgIpc) is 2.94. The van der Waals surface area contributed by atoms with Gasteiger partial charge in [0.15, 0.2) is 0 Å². The van der Waals surface area contributed by atoms with Crippen molar-refractivity contribution in [2.75, 3.05) is 18.4 Å². The van der Waals surface area contributed by atoms with Crippen molar-refractivity contribution in [1.29, 1.82) is 0 Å². The zero-order valence-electron chi connectivity index (χ0n) is 11.8. The van der Waals surface area contributed by atoms with Gasteiger partial charge in [-0.3, -0.25) is 9.69 Å². The number of rotatable bonds is 3. The van der Waals surface area contributed by atoms with Gasteiger partial charge in [0.05, 0.1) is 12.2 Å². The van der Waals surface area contributed by atoms with Gasteiger partial charge in [-0.25, -0.2) is 0 Å². The molecule has 0 bridgehead atoms. The third-order valence-electron chi connectivity index (χ3n) is 3.90. The Hall–Kier alpha value is -0.920. The van der Waals surface area contributed by atoms with Crippen molar-refractivity contribution in [3.8, 4) is 0 Å². The highest BCUT2D eigenvalue weighted by Gasteiger charge is 2.26. The predicted molar refractivity (Wildman–Crippen MR) is 95.8 cm³/mol. The van der Waals surface area contributed by atoms with E-state index in [1.807, 2.05) is 35.6 Å². The molecule has 0 spiro atoms. The third-order valence-corrected chi connectivity index (χ3v) is 5.84. The zero-order chi connectivity index (χ0) is 14.8. The van der Waals surface area contributed by atoms with E-state index in [1.165, 1.54) is 10.4 Å². The minimum Gasteiger partial charge on any atom is -0.324 e. The lowest BCUT2D eigenvalue weighted by Gasteiger charge is -2.32. The van der Waals surface area contributed by atoms with E-state index in [4.69, 9.17) is 0 Å². The summed E-state index contributed by atoms with van der Waals surface area (Å²) in [6, 6.07) is 10.4. The smallest absolute Gasteiger partial charge is 0.238 e. The summed E-state index contributed by atoms with van der Waals surface area (Å²) in [5.74, 6) is 0.0599. The second-order valence-electron chi connectivity index (χ2n) is 5.22. The van der Waals surface area contributed by atoms with E-state index in [1.54, 1.807) is 0 Å². The molecule has 0 radical (unpaired) electrons. The highest BCUT2D eigenvalue weighted by Crippen LogP contribution is 2.32. The number of nitrogens with one attached hydrogen (secondary N) is 1. The summed E-state index contributed by atoms with van der Waals surface area (Å²) >= 11 is 4.07. The maximum Gasteiger partial charge on any atom is 0.238 e. The summed E-state index contributed by atoms with van der Waals surface area (Å²) in [4.78, 5) is 16.0. The fourth-order valence-corrected chi connectivity index (χ4v) is 4.20. The van der Waals surface area contributed by atoms with Gasteiger partial charge in [0, 0.05) is 21.0 Å². The molecule has 3 nitrogen and oxygen atoms in total. The molecule has 0 fully saturated rings. The number of nitrogens with zero attached hydrogens (tertiary/aromatic N) is 1. The second kappa shape index (κ2) is 6.46. The number of amides is 1. The van der Waals surface area contributed by atoms with Crippen LogP contribution in [0.1, 0.15) is 23.4 Å². The Labute approximate surface area is 142 Å². The largest absolute Gasteiger partial charge is 0.324 e. The first kappa shape index (κ1) is 15.0. The fraction of sp³-hybridized carbons (Fsp3) is 0.312. The van der Waals surface area contributed by atoms with Gasteiger partial charge < -0.3 is 5.32 Å². The molecule has 1 aromatic heterocycles. The molecule has 0 aliphatic carbocycles. The number of anilines is 1. The SMILES string of the molecule is C[C@@H]1c2ccsc2CCN1CC(=O)Nc1ccccc1I. The quantitative estimate of drug-likeness (QED) is 0.776. The van der Waals surface area contributed by atoms with Crippen LogP contribution in [0.2, 0.25) is 0 Å². The van der Waals surface area contributed by atoms with E-state index >= 15 is 0 Å². The van der Waals surface area contributed by atoms with Crippen molar-refractivity contribution in [2.24, 2.45) is 0 Å². The normalized spacial score (nSPS) is 18.3. The van der Waals surface area contributed by atoms with Crippen LogP contribution in [0.5, 0.6) is 0 Å². The highest BCUT2D eigenvalue weighted by atomic mass is 127. The van der Waals surface area contributed by atoms with Crippen molar-refractivity contribution >= 4 is 45.5 Å². The van der Waals surface area contributed by atoms with E-state index in [-0.39, 0.29) is 5.91 Å². The molecule has 5 heteroatoms. The van der Waals surface area contributed by atoms with Crippen LogP contribution in [0, 0.1) is 3.57 Å². The van der Waals surface area contributed by atoms with E-state index in [0.29, 0.717) is 12.6 Å². The van der Waals surface area contributed by atoms with E-state index < -0.39 is 0 Å². The molecule has 21 heavy (non-hydrogen) atoms. The number of benzene rings is 1. The molecule has 0 unspecified atom stereocenters. The molecule has 110 valence electrons. The molecule has 2 aromatic rings. The zero-order valence-corrected chi connectivity index (χ0v) is 14.8. The summed E-state index contributed by atoms with van der Waals surface area (Å²) in [5, 5.41) is 5.16. The lowest BCUT2D eigenvalue weighted by atomic mass is 10.0. The van der Waals surface area contributed by atoms with Crippen LogP contribution in [0.15, 0.2) is 35.7 Å². The molecule has 0 saturated heterocycles. The standard InChI is InChI=1S/C16H17IN2OS/c1-11-12-7-9-21-15(12)6-8-19(11)10-16(20)18-14-5-3-2-4-13(14)17/h2-5,7,9,11H,6,8,10H2,1H3,(H,18,20)/t11-/m1/s1. The van der Waals surface area contributed by atoms with Gasteiger partial charge >= 0.3 is 0 Å². The van der Waals surface area contributed by atoms with Crippen LogP contribution in [-0.2, 0) is 11.2 Å². The summed E-state index contributed by atoms with van der Waals surface area (Å²) in [5.41, 5.74) is 2.28. The molecular weight excluding hydrogens is 395 g/mol. The Balaban J connectivity index is 1.65. The molecule has 3 rings (SSSR count). The van der Waals surface area contributed by atoms with Gasteiger partial charge in [0.25, 0.3) is 0 Å².